The van der Waals surface area contributed by atoms with E-state index in [4.69, 9.17) is 0 Å². The van der Waals surface area contributed by atoms with E-state index in [1.807, 2.05) is 36.1 Å². The Kier molecular flexibility index (Phi) is 8.21. The highest BCUT2D eigenvalue weighted by atomic mass is 79.9. The van der Waals surface area contributed by atoms with Gasteiger partial charge in [0.05, 0.1) is 0 Å². The van der Waals surface area contributed by atoms with Crippen LogP contribution in [0.15, 0.2) is 33.7 Å². The lowest BCUT2D eigenvalue weighted by molar-refractivity contribution is -0.157. The Morgan fingerprint density at radius 2 is 1.80 bits per heavy atom. The van der Waals surface area contributed by atoms with Gasteiger partial charge in [-0.1, -0.05) is 28.1 Å². The summed E-state index contributed by atoms with van der Waals surface area (Å²) in [6, 6.07) is 7.74. The molecule has 0 saturated carbocycles. The lowest BCUT2D eigenvalue weighted by atomic mass is 10.2. The van der Waals surface area contributed by atoms with Crippen LogP contribution >= 0.6 is 15.9 Å². The fraction of sp³-hybridized carbons (Fsp3) is 0.500. The number of hydrogen-bond acceptors (Lipinski definition) is 2. The molecule has 140 valence electrons. The number of likely N-dealkylation sites (N-methyl/N-ethyl adjacent to an activating group) is 1. The molecule has 0 aromatic heterocycles. The van der Waals surface area contributed by atoms with Crippen molar-refractivity contribution < 1.29 is 18.0 Å². The summed E-state index contributed by atoms with van der Waals surface area (Å²) in [6.07, 6.45) is -4.42. The first-order chi connectivity index (χ1) is 11.6. The zero-order valence-electron chi connectivity index (χ0n) is 14.4. The molecule has 0 heterocycles. The maximum Gasteiger partial charge on any atom is 0.406 e. The van der Waals surface area contributed by atoms with Crippen LogP contribution in [0, 0.1) is 0 Å². The van der Waals surface area contributed by atoms with Crippen LogP contribution in [0.4, 0.5) is 13.2 Å². The van der Waals surface area contributed by atoms with E-state index in [1.165, 1.54) is 0 Å². The Balaban J connectivity index is 2.71. The summed E-state index contributed by atoms with van der Waals surface area (Å²) < 4.78 is 38.0. The molecule has 0 aliphatic rings. The van der Waals surface area contributed by atoms with Crippen LogP contribution in [0.3, 0.4) is 0 Å². The van der Waals surface area contributed by atoms with E-state index in [9.17, 15) is 18.0 Å². The van der Waals surface area contributed by atoms with E-state index in [1.54, 1.807) is 7.05 Å². The maximum absolute atomic E-state index is 12.3. The molecule has 1 amide bonds. The summed E-state index contributed by atoms with van der Waals surface area (Å²) in [5, 5.41) is 3.03. The predicted octanol–water partition coefficient (Wildman–Crippen LogP) is 2.87. The number of rotatable bonds is 6. The number of amides is 1. The first kappa shape index (κ1) is 21.3. The molecule has 0 atom stereocenters. The normalized spacial score (nSPS) is 12.0. The van der Waals surface area contributed by atoms with Crippen LogP contribution in [0.1, 0.15) is 12.5 Å². The van der Waals surface area contributed by atoms with Gasteiger partial charge in [0.1, 0.15) is 13.1 Å². The van der Waals surface area contributed by atoms with Gasteiger partial charge in [0.15, 0.2) is 5.96 Å². The first-order valence-electron chi connectivity index (χ1n) is 7.67. The number of aliphatic imine (C=N–C) groups is 1. The number of halogens is 4. The van der Waals surface area contributed by atoms with Gasteiger partial charge in [-0.05, 0) is 24.6 Å². The summed E-state index contributed by atoms with van der Waals surface area (Å²) in [6.45, 7) is 1.37. The average Bonchev–Trinajstić information content (AvgIpc) is 2.51. The van der Waals surface area contributed by atoms with Crippen LogP contribution < -0.4 is 5.32 Å². The molecule has 1 aromatic rings. The molecule has 0 radical (unpaired) electrons. The maximum atomic E-state index is 12.3. The lowest BCUT2D eigenvalue weighted by Crippen LogP contribution is -2.41. The largest absolute Gasteiger partial charge is 0.406 e. The number of alkyl halides is 3. The summed E-state index contributed by atoms with van der Waals surface area (Å²) in [5.41, 5.74) is 1.04. The minimum absolute atomic E-state index is 0.348. The summed E-state index contributed by atoms with van der Waals surface area (Å²) in [5.74, 6) is -0.232. The fourth-order valence-electron chi connectivity index (χ4n) is 2.03. The Morgan fingerprint density at radius 1 is 1.20 bits per heavy atom. The van der Waals surface area contributed by atoms with E-state index < -0.39 is 18.6 Å². The van der Waals surface area contributed by atoms with Gasteiger partial charge in [0, 0.05) is 31.7 Å². The number of hydrogen-bond donors (Lipinski definition) is 1. The van der Waals surface area contributed by atoms with Gasteiger partial charge in [-0.15, -0.1) is 0 Å². The van der Waals surface area contributed by atoms with E-state index in [2.05, 4.69) is 26.2 Å². The van der Waals surface area contributed by atoms with Gasteiger partial charge >= 0.3 is 6.18 Å². The van der Waals surface area contributed by atoms with Crippen molar-refractivity contribution in [1.82, 2.24) is 15.1 Å². The SMILES string of the molecule is CCNC(=NCC(=O)N(C)CC(F)(F)F)N(C)Cc1ccc(Br)cc1. The van der Waals surface area contributed by atoms with Gasteiger partial charge in [0.2, 0.25) is 5.91 Å². The van der Waals surface area contributed by atoms with Crippen LogP contribution in [0.5, 0.6) is 0 Å². The van der Waals surface area contributed by atoms with E-state index in [-0.39, 0.29) is 6.54 Å². The number of carbonyl (C=O) groups is 1. The molecule has 0 fully saturated rings. The Labute approximate surface area is 154 Å². The van der Waals surface area contributed by atoms with Crippen molar-refractivity contribution in [2.45, 2.75) is 19.6 Å². The summed E-state index contributed by atoms with van der Waals surface area (Å²) in [7, 11) is 2.91. The third kappa shape index (κ3) is 8.24. The zero-order chi connectivity index (χ0) is 19.0. The smallest absolute Gasteiger partial charge is 0.357 e. The number of nitrogens with zero attached hydrogens (tertiary/aromatic N) is 3. The number of carbonyl (C=O) groups excluding carboxylic acids is 1. The van der Waals surface area contributed by atoms with Gasteiger partial charge < -0.3 is 15.1 Å². The van der Waals surface area contributed by atoms with Crippen LogP contribution in [0.2, 0.25) is 0 Å². The Hall–Kier alpha value is -1.77. The average molecular weight is 423 g/mol. The minimum Gasteiger partial charge on any atom is -0.357 e. The molecular weight excluding hydrogens is 401 g/mol. The van der Waals surface area contributed by atoms with Crippen molar-refractivity contribution in [3.8, 4) is 0 Å². The molecule has 0 bridgehead atoms. The highest BCUT2D eigenvalue weighted by Gasteiger charge is 2.31. The monoisotopic (exact) mass is 422 g/mol. The third-order valence-electron chi connectivity index (χ3n) is 3.24. The van der Waals surface area contributed by atoms with Gasteiger partial charge in [-0.25, -0.2) is 4.99 Å². The highest BCUT2D eigenvalue weighted by Crippen LogP contribution is 2.15. The van der Waals surface area contributed by atoms with E-state index in [0.717, 1.165) is 17.1 Å². The molecule has 0 aliphatic heterocycles. The van der Waals surface area contributed by atoms with Crippen molar-refractivity contribution in [1.29, 1.82) is 0 Å². The van der Waals surface area contributed by atoms with Gasteiger partial charge in [0.25, 0.3) is 0 Å². The fourth-order valence-corrected chi connectivity index (χ4v) is 2.29. The standard InChI is InChI=1S/C16H22BrF3N4O/c1-4-21-15(22-9-14(25)24(3)11-16(18,19)20)23(2)10-12-5-7-13(17)8-6-12/h5-8H,4,9-11H2,1-3H3,(H,21,22). The molecule has 1 rings (SSSR count). The molecule has 0 aliphatic carbocycles. The molecule has 1 aromatic carbocycles. The van der Waals surface area contributed by atoms with Crippen LogP contribution in [-0.4, -0.2) is 61.6 Å². The van der Waals surface area contributed by atoms with Crippen molar-refractivity contribution in [2.75, 3.05) is 33.7 Å². The molecule has 0 spiro atoms. The Bertz CT molecular complexity index is 590. The second kappa shape index (κ2) is 9.65. The van der Waals surface area contributed by atoms with Crippen molar-refractivity contribution in [3.63, 3.8) is 0 Å². The molecule has 5 nitrogen and oxygen atoms in total. The van der Waals surface area contributed by atoms with Crippen molar-refractivity contribution in [3.05, 3.63) is 34.3 Å². The molecule has 25 heavy (non-hydrogen) atoms. The van der Waals surface area contributed by atoms with Crippen molar-refractivity contribution >= 4 is 27.8 Å². The lowest BCUT2D eigenvalue weighted by Gasteiger charge is -2.23. The van der Waals surface area contributed by atoms with Crippen molar-refractivity contribution in [2.24, 2.45) is 4.99 Å². The second-order valence-electron chi connectivity index (χ2n) is 5.52. The molecule has 1 N–H and O–H groups in total. The zero-order valence-corrected chi connectivity index (χ0v) is 16.0. The second-order valence-corrected chi connectivity index (χ2v) is 6.43. The van der Waals surface area contributed by atoms with Gasteiger partial charge in [-0.2, -0.15) is 13.2 Å². The Morgan fingerprint density at radius 3 is 2.32 bits per heavy atom. The number of benzene rings is 1. The number of nitrogens with one attached hydrogen (secondary N) is 1. The highest BCUT2D eigenvalue weighted by molar-refractivity contribution is 9.10. The van der Waals surface area contributed by atoms with E-state index in [0.29, 0.717) is 23.9 Å². The van der Waals surface area contributed by atoms with Crippen LogP contribution in [0.25, 0.3) is 0 Å². The first-order valence-corrected chi connectivity index (χ1v) is 8.46. The minimum atomic E-state index is -4.42. The third-order valence-corrected chi connectivity index (χ3v) is 3.76. The quantitative estimate of drug-likeness (QED) is 0.566. The molecule has 0 saturated heterocycles. The predicted molar refractivity (Wildman–Crippen MR) is 95.3 cm³/mol. The topological polar surface area (TPSA) is 47.9 Å². The van der Waals surface area contributed by atoms with E-state index >= 15 is 0 Å². The summed E-state index contributed by atoms with van der Waals surface area (Å²) >= 11 is 3.37. The van der Waals surface area contributed by atoms with Gasteiger partial charge in [-0.3, -0.25) is 4.79 Å². The van der Waals surface area contributed by atoms with Crippen LogP contribution in [-0.2, 0) is 11.3 Å². The molecule has 0 unspecified atom stereocenters. The number of guanidine groups is 1. The summed E-state index contributed by atoms with van der Waals surface area (Å²) in [4.78, 5) is 18.4. The molecular formula is C16H22BrF3N4O. The molecule has 9 heteroatoms.